The number of hydrogen-bond acceptors (Lipinski definition) is 3. The molecule has 1 fully saturated rings. The summed E-state index contributed by atoms with van der Waals surface area (Å²) in [4.78, 5) is 31.9. The molecule has 1 unspecified atom stereocenters. The molecular formula is C31H30N2O3. The number of nitrogens with one attached hydrogen (secondary N) is 1. The first-order valence-corrected chi connectivity index (χ1v) is 12.1. The lowest BCUT2D eigenvalue weighted by Crippen LogP contribution is -2.29. The van der Waals surface area contributed by atoms with Crippen LogP contribution in [0.1, 0.15) is 54.6 Å². The molecule has 1 aliphatic heterocycles. The van der Waals surface area contributed by atoms with E-state index in [4.69, 9.17) is 0 Å². The molecule has 182 valence electrons. The molecular weight excluding hydrogens is 448 g/mol. The summed E-state index contributed by atoms with van der Waals surface area (Å²) in [5.41, 5.74) is 5.63. The van der Waals surface area contributed by atoms with Gasteiger partial charge in [0.15, 0.2) is 0 Å². The number of anilines is 1. The van der Waals surface area contributed by atoms with Crippen molar-refractivity contribution in [3.05, 3.63) is 106 Å². The Kier molecular flexibility index (Phi) is 5.59. The highest BCUT2D eigenvalue weighted by Gasteiger charge is 2.48. The number of para-hydroxylation sites is 1. The highest BCUT2D eigenvalue weighted by atomic mass is 16.3. The average molecular weight is 479 g/mol. The van der Waals surface area contributed by atoms with Gasteiger partial charge in [-0.1, -0.05) is 63.2 Å². The third kappa shape index (κ3) is 3.81. The Bertz CT molecular complexity index is 1550. The first-order valence-electron chi connectivity index (χ1n) is 12.1. The molecule has 1 aromatic heterocycles. The Morgan fingerprint density at radius 1 is 0.944 bits per heavy atom. The third-order valence-corrected chi connectivity index (χ3v) is 7.00. The van der Waals surface area contributed by atoms with Gasteiger partial charge in [-0.15, -0.1) is 0 Å². The number of nitrogens with zero attached hydrogens (tertiary/aromatic N) is 1. The van der Waals surface area contributed by atoms with E-state index in [-0.39, 0.29) is 16.7 Å². The molecule has 1 aliphatic rings. The number of aryl methyl sites for hydroxylation is 2. The molecule has 0 spiro atoms. The molecule has 2 N–H and O–H groups in total. The van der Waals surface area contributed by atoms with Crippen molar-refractivity contribution in [2.75, 3.05) is 4.90 Å². The normalized spacial score (nSPS) is 17.8. The van der Waals surface area contributed by atoms with E-state index in [0.29, 0.717) is 11.3 Å². The fourth-order valence-electron chi connectivity index (χ4n) is 4.98. The number of amides is 1. The van der Waals surface area contributed by atoms with Crippen molar-refractivity contribution in [3.8, 4) is 0 Å². The molecule has 0 aliphatic carbocycles. The summed E-state index contributed by atoms with van der Waals surface area (Å²) in [7, 11) is 0. The Labute approximate surface area is 211 Å². The van der Waals surface area contributed by atoms with E-state index in [9.17, 15) is 14.7 Å². The van der Waals surface area contributed by atoms with Gasteiger partial charge in [0.25, 0.3) is 11.7 Å². The number of aliphatic hydroxyl groups is 1. The number of Topliss-reactive ketones (excluding diaryl/α,β-unsaturated/α-hetero) is 1. The summed E-state index contributed by atoms with van der Waals surface area (Å²) in [6, 6.07) is 20.4. The van der Waals surface area contributed by atoms with Crippen molar-refractivity contribution in [3.63, 3.8) is 0 Å². The van der Waals surface area contributed by atoms with Gasteiger partial charge in [0.2, 0.25) is 0 Å². The van der Waals surface area contributed by atoms with Crippen molar-refractivity contribution in [2.45, 2.75) is 46.1 Å². The van der Waals surface area contributed by atoms with Crippen LogP contribution in [0.5, 0.6) is 0 Å². The fourth-order valence-corrected chi connectivity index (χ4v) is 4.98. The molecule has 0 saturated carbocycles. The van der Waals surface area contributed by atoms with Gasteiger partial charge < -0.3 is 10.1 Å². The molecule has 1 amide bonds. The van der Waals surface area contributed by atoms with E-state index >= 15 is 0 Å². The predicted molar refractivity (Wildman–Crippen MR) is 144 cm³/mol. The van der Waals surface area contributed by atoms with Crippen LogP contribution in [0, 0.1) is 13.8 Å². The van der Waals surface area contributed by atoms with E-state index in [0.717, 1.165) is 33.2 Å². The summed E-state index contributed by atoms with van der Waals surface area (Å²) >= 11 is 0. The molecule has 2 heterocycles. The molecule has 4 aromatic rings. The lowest BCUT2D eigenvalue weighted by molar-refractivity contribution is -0.132. The summed E-state index contributed by atoms with van der Waals surface area (Å²) in [6.45, 7) is 10.2. The van der Waals surface area contributed by atoms with Crippen molar-refractivity contribution in [2.24, 2.45) is 0 Å². The summed E-state index contributed by atoms with van der Waals surface area (Å²) in [5.74, 6) is -1.49. The van der Waals surface area contributed by atoms with Crippen molar-refractivity contribution < 1.29 is 14.7 Å². The maximum atomic E-state index is 13.6. The molecule has 1 atom stereocenters. The third-order valence-electron chi connectivity index (χ3n) is 7.00. The highest BCUT2D eigenvalue weighted by Crippen LogP contribution is 2.45. The second kappa shape index (κ2) is 8.52. The first-order chi connectivity index (χ1) is 17.1. The quantitative estimate of drug-likeness (QED) is 0.195. The van der Waals surface area contributed by atoms with Crippen LogP contribution in [0.3, 0.4) is 0 Å². The van der Waals surface area contributed by atoms with Gasteiger partial charge in [0, 0.05) is 33.9 Å². The average Bonchev–Trinajstić information content (AvgIpc) is 3.37. The highest BCUT2D eigenvalue weighted by molar-refractivity contribution is 6.52. The summed E-state index contributed by atoms with van der Waals surface area (Å²) in [5, 5.41) is 12.6. The minimum atomic E-state index is -0.777. The van der Waals surface area contributed by atoms with Gasteiger partial charge in [-0.2, -0.15) is 0 Å². The van der Waals surface area contributed by atoms with Crippen LogP contribution >= 0.6 is 0 Å². The Morgan fingerprint density at radius 2 is 1.69 bits per heavy atom. The van der Waals surface area contributed by atoms with Crippen molar-refractivity contribution in [1.29, 1.82) is 0 Å². The van der Waals surface area contributed by atoms with Gasteiger partial charge in [-0.3, -0.25) is 14.5 Å². The number of aromatic nitrogens is 1. The van der Waals surface area contributed by atoms with Gasteiger partial charge in [-0.05, 0) is 60.2 Å². The van der Waals surface area contributed by atoms with Crippen LogP contribution in [0.4, 0.5) is 5.69 Å². The maximum absolute atomic E-state index is 13.6. The topological polar surface area (TPSA) is 73.4 Å². The van der Waals surface area contributed by atoms with Crippen LogP contribution in [0.2, 0.25) is 0 Å². The van der Waals surface area contributed by atoms with E-state index in [1.807, 2.05) is 86.8 Å². The van der Waals surface area contributed by atoms with E-state index < -0.39 is 17.7 Å². The van der Waals surface area contributed by atoms with E-state index in [2.05, 4.69) is 25.8 Å². The first kappa shape index (κ1) is 23.6. The Hall–Kier alpha value is -4.12. The largest absolute Gasteiger partial charge is 0.507 e. The van der Waals surface area contributed by atoms with Crippen LogP contribution in [0.15, 0.2) is 78.5 Å². The molecule has 5 heteroatoms. The van der Waals surface area contributed by atoms with Gasteiger partial charge in [0.1, 0.15) is 5.76 Å². The molecule has 36 heavy (non-hydrogen) atoms. The predicted octanol–water partition coefficient (Wildman–Crippen LogP) is 6.71. The minimum absolute atomic E-state index is 0.0976. The van der Waals surface area contributed by atoms with Crippen LogP contribution in [0.25, 0.3) is 16.7 Å². The summed E-state index contributed by atoms with van der Waals surface area (Å²) in [6.07, 6.45) is 1.83. The van der Waals surface area contributed by atoms with Crippen LogP contribution < -0.4 is 4.90 Å². The zero-order valence-electron chi connectivity index (χ0n) is 21.2. The SMILES string of the molecule is Cc1cccc(N2C(=O)C(=O)/C(=C(/O)c3cc(C(C)(C)C)ccc3C)C2c2c[nH]c3ccccc23)c1. The van der Waals surface area contributed by atoms with Crippen LogP contribution in [-0.2, 0) is 15.0 Å². The Balaban J connectivity index is 1.80. The number of H-pyrrole nitrogens is 1. The number of carbonyl (C=O) groups is 2. The van der Waals surface area contributed by atoms with Gasteiger partial charge in [0.05, 0.1) is 11.6 Å². The standard InChI is InChI=1S/C31H30N2O3/c1-18-9-8-10-21(15-18)33-27(24-17-32-25-12-7-6-11-22(24)25)26(29(35)30(33)36)28(34)23-16-20(31(3,4)5)14-13-19(23)2/h6-17,27,32,34H,1-5H3/b28-26+. The number of benzene rings is 3. The van der Waals surface area contributed by atoms with Crippen molar-refractivity contribution in [1.82, 2.24) is 4.98 Å². The van der Waals surface area contributed by atoms with Gasteiger partial charge in [-0.25, -0.2) is 0 Å². The fraction of sp³-hybridized carbons (Fsp3) is 0.226. The lowest BCUT2D eigenvalue weighted by atomic mass is 9.84. The lowest BCUT2D eigenvalue weighted by Gasteiger charge is -2.26. The molecule has 3 aromatic carbocycles. The second-order valence-corrected chi connectivity index (χ2v) is 10.6. The smallest absolute Gasteiger partial charge is 0.300 e. The molecule has 0 radical (unpaired) electrons. The summed E-state index contributed by atoms with van der Waals surface area (Å²) < 4.78 is 0. The zero-order valence-corrected chi connectivity index (χ0v) is 21.2. The van der Waals surface area contributed by atoms with Crippen LogP contribution in [-0.4, -0.2) is 21.8 Å². The van der Waals surface area contributed by atoms with Gasteiger partial charge >= 0.3 is 0 Å². The molecule has 1 saturated heterocycles. The molecule has 5 rings (SSSR count). The maximum Gasteiger partial charge on any atom is 0.300 e. The number of aromatic amines is 1. The second-order valence-electron chi connectivity index (χ2n) is 10.6. The number of aliphatic hydroxyl groups excluding tert-OH is 1. The molecule has 0 bridgehead atoms. The number of rotatable bonds is 3. The Morgan fingerprint density at radius 3 is 2.42 bits per heavy atom. The van der Waals surface area contributed by atoms with Crippen molar-refractivity contribution >= 4 is 34.0 Å². The number of hydrogen-bond donors (Lipinski definition) is 2. The molecule has 5 nitrogen and oxygen atoms in total. The monoisotopic (exact) mass is 478 g/mol. The van der Waals surface area contributed by atoms with E-state index in [1.165, 1.54) is 4.90 Å². The number of carbonyl (C=O) groups excluding carboxylic acids is 2. The zero-order chi connectivity index (χ0) is 25.8. The minimum Gasteiger partial charge on any atom is -0.507 e. The number of fused-ring (bicyclic) bond motifs is 1. The number of ketones is 1. The van der Waals surface area contributed by atoms with E-state index in [1.54, 1.807) is 0 Å².